The molecule has 3 N–H and O–H groups in total. The fraction of sp³-hybridized carbons (Fsp3) is 0.714. The van der Waals surface area contributed by atoms with Crippen LogP contribution < -0.4 is 11.1 Å². The lowest BCUT2D eigenvalue weighted by Gasteiger charge is -2.14. The van der Waals surface area contributed by atoms with Crippen LogP contribution in [0.25, 0.3) is 0 Å². The average Bonchev–Trinajstić information content (AvgIpc) is 1.83. The van der Waals surface area contributed by atoms with Crippen LogP contribution in [0.1, 0.15) is 20.8 Å². The number of hydrogen-bond acceptors (Lipinski definition) is 2. The number of hydrogen-bond donors (Lipinski definition) is 2. The summed E-state index contributed by atoms with van der Waals surface area (Å²) in [6.45, 7) is 6.77. The molecule has 4 nitrogen and oxygen atoms in total. The summed E-state index contributed by atoms with van der Waals surface area (Å²) < 4.78 is 0. The lowest BCUT2D eigenvalue weighted by atomic mass is 9.97. The molecule has 0 unspecified atom stereocenters. The van der Waals surface area contributed by atoms with Crippen LogP contribution in [0.5, 0.6) is 0 Å². The molecule has 0 bridgehead atoms. The minimum atomic E-state index is 0.113. The summed E-state index contributed by atoms with van der Waals surface area (Å²) in [4.78, 5) is 3.95. The molecule has 0 atom stereocenters. The molecule has 0 radical (unpaired) electrons. The van der Waals surface area contributed by atoms with E-state index >= 15 is 0 Å². The van der Waals surface area contributed by atoms with Crippen LogP contribution in [0.3, 0.4) is 0 Å². The molecule has 0 aliphatic heterocycles. The Morgan fingerprint density at radius 2 is 2.18 bits per heavy atom. The van der Waals surface area contributed by atoms with Crippen LogP contribution in [-0.2, 0) is 0 Å². The number of nitrogens with one attached hydrogen (secondary N) is 1. The van der Waals surface area contributed by atoms with E-state index in [0.29, 0.717) is 6.54 Å². The highest BCUT2D eigenvalue weighted by molar-refractivity contribution is 5.79. The molecular formula is C7H14N4. The van der Waals surface area contributed by atoms with Gasteiger partial charge in [-0.15, -0.1) is 0 Å². The van der Waals surface area contributed by atoms with Crippen molar-refractivity contribution in [2.24, 2.45) is 16.1 Å². The third-order valence-corrected chi connectivity index (χ3v) is 0.908. The van der Waals surface area contributed by atoms with Gasteiger partial charge in [0.15, 0.2) is 6.19 Å². The van der Waals surface area contributed by atoms with Crippen molar-refractivity contribution in [3.05, 3.63) is 0 Å². The van der Waals surface area contributed by atoms with E-state index in [1.165, 1.54) is 0 Å². The predicted octanol–water partition coefficient (Wildman–Crippen LogP) is 0.418. The van der Waals surface area contributed by atoms with E-state index in [1.807, 2.05) is 0 Å². The Morgan fingerprint density at radius 1 is 1.64 bits per heavy atom. The zero-order valence-electron chi connectivity index (χ0n) is 7.18. The summed E-state index contributed by atoms with van der Waals surface area (Å²) in [6, 6.07) is 0. The third-order valence-electron chi connectivity index (χ3n) is 0.908. The van der Waals surface area contributed by atoms with Crippen LogP contribution in [-0.4, -0.2) is 12.5 Å². The highest BCUT2D eigenvalue weighted by Crippen LogP contribution is 2.12. The van der Waals surface area contributed by atoms with E-state index in [9.17, 15) is 0 Å². The van der Waals surface area contributed by atoms with Crippen molar-refractivity contribution in [1.82, 2.24) is 5.32 Å². The van der Waals surface area contributed by atoms with E-state index in [2.05, 4.69) is 31.1 Å². The normalized spacial score (nSPS) is 12.4. The number of nitriles is 1. The van der Waals surface area contributed by atoms with Gasteiger partial charge in [-0.1, -0.05) is 20.8 Å². The second-order valence-electron chi connectivity index (χ2n) is 3.50. The van der Waals surface area contributed by atoms with Gasteiger partial charge >= 0.3 is 0 Å². The zero-order chi connectivity index (χ0) is 8.91. The summed E-state index contributed by atoms with van der Waals surface area (Å²) in [5, 5.41) is 10.4. The smallest absolute Gasteiger partial charge is 0.202 e. The molecule has 0 amide bonds. The Balaban J connectivity index is 3.85. The van der Waals surface area contributed by atoms with Crippen molar-refractivity contribution >= 4 is 5.96 Å². The Hall–Kier alpha value is -1.24. The first kappa shape index (κ1) is 9.76. The molecule has 0 aliphatic carbocycles. The SMILES string of the molecule is CC(C)(C)CN=C(N)NC#N. The molecule has 0 saturated heterocycles. The second kappa shape index (κ2) is 3.81. The summed E-state index contributed by atoms with van der Waals surface area (Å²) in [5.74, 6) is 0.183. The molecule has 0 rings (SSSR count). The quantitative estimate of drug-likeness (QED) is 0.249. The molecule has 0 aliphatic rings. The van der Waals surface area contributed by atoms with E-state index in [1.54, 1.807) is 6.19 Å². The molecule has 11 heavy (non-hydrogen) atoms. The first-order chi connectivity index (χ1) is 4.95. The third kappa shape index (κ3) is 6.65. The van der Waals surface area contributed by atoms with Crippen molar-refractivity contribution < 1.29 is 0 Å². The maximum atomic E-state index is 8.14. The summed E-state index contributed by atoms with van der Waals surface area (Å²) in [5.41, 5.74) is 5.42. The molecule has 0 aromatic carbocycles. The largest absolute Gasteiger partial charge is 0.369 e. The molecular weight excluding hydrogens is 140 g/mol. The summed E-state index contributed by atoms with van der Waals surface area (Å²) >= 11 is 0. The maximum absolute atomic E-state index is 8.14. The number of rotatable bonds is 1. The minimum absolute atomic E-state index is 0.113. The molecule has 4 heteroatoms. The van der Waals surface area contributed by atoms with Gasteiger partial charge in [-0.25, -0.2) is 0 Å². The summed E-state index contributed by atoms with van der Waals surface area (Å²) in [6.07, 6.45) is 1.70. The molecule has 62 valence electrons. The number of nitrogens with zero attached hydrogens (tertiary/aromatic N) is 2. The molecule has 0 fully saturated rings. The lowest BCUT2D eigenvalue weighted by Crippen LogP contribution is -2.28. The van der Waals surface area contributed by atoms with Gasteiger partial charge in [-0.3, -0.25) is 10.3 Å². The van der Waals surface area contributed by atoms with Gasteiger partial charge in [0, 0.05) is 6.54 Å². The number of nitrogens with two attached hydrogens (primary N) is 1. The first-order valence-electron chi connectivity index (χ1n) is 3.41. The van der Waals surface area contributed by atoms with Crippen LogP contribution in [0, 0.1) is 16.9 Å². The number of aliphatic imine (C=N–C) groups is 1. The molecule has 0 saturated carbocycles. The molecule has 0 heterocycles. The molecule has 0 aromatic rings. The van der Waals surface area contributed by atoms with E-state index in [0.717, 1.165) is 0 Å². The second-order valence-corrected chi connectivity index (χ2v) is 3.50. The van der Waals surface area contributed by atoms with Crippen molar-refractivity contribution in [2.45, 2.75) is 20.8 Å². The monoisotopic (exact) mass is 154 g/mol. The lowest BCUT2D eigenvalue weighted by molar-refractivity contribution is 0.429. The first-order valence-corrected chi connectivity index (χ1v) is 3.41. The molecule has 0 aromatic heterocycles. The van der Waals surface area contributed by atoms with Crippen molar-refractivity contribution in [3.8, 4) is 6.19 Å². The highest BCUT2D eigenvalue weighted by Gasteiger charge is 2.08. The Bertz CT molecular complexity index is 182. The van der Waals surface area contributed by atoms with Crippen LogP contribution in [0.2, 0.25) is 0 Å². The Morgan fingerprint density at radius 3 is 2.55 bits per heavy atom. The average molecular weight is 154 g/mol. The topological polar surface area (TPSA) is 74.2 Å². The summed E-state index contributed by atoms with van der Waals surface area (Å²) in [7, 11) is 0. The van der Waals surface area contributed by atoms with Crippen LogP contribution >= 0.6 is 0 Å². The fourth-order valence-corrected chi connectivity index (χ4v) is 0.419. The van der Waals surface area contributed by atoms with E-state index < -0.39 is 0 Å². The van der Waals surface area contributed by atoms with Crippen LogP contribution in [0.15, 0.2) is 4.99 Å². The maximum Gasteiger partial charge on any atom is 0.202 e. The van der Waals surface area contributed by atoms with Gasteiger partial charge < -0.3 is 5.73 Å². The van der Waals surface area contributed by atoms with E-state index in [-0.39, 0.29) is 11.4 Å². The Labute approximate surface area is 67.1 Å². The van der Waals surface area contributed by atoms with Crippen molar-refractivity contribution in [3.63, 3.8) is 0 Å². The van der Waals surface area contributed by atoms with Crippen molar-refractivity contribution in [1.29, 1.82) is 5.26 Å². The van der Waals surface area contributed by atoms with E-state index in [4.69, 9.17) is 11.0 Å². The van der Waals surface area contributed by atoms with Crippen molar-refractivity contribution in [2.75, 3.05) is 6.54 Å². The minimum Gasteiger partial charge on any atom is -0.369 e. The Kier molecular flexibility index (Phi) is 3.38. The highest BCUT2D eigenvalue weighted by atomic mass is 15.1. The molecule has 0 spiro atoms. The predicted molar refractivity (Wildman–Crippen MR) is 44.7 cm³/mol. The van der Waals surface area contributed by atoms with Gasteiger partial charge in [0.2, 0.25) is 5.96 Å². The zero-order valence-corrected chi connectivity index (χ0v) is 7.18. The number of guanidine groups is 1. The van der Waals surface area contributed by atoms with Gasteiger partial charge in [0.05, 0.1) is 0 Å². The van der Waals surface area contributed by atoms with Gasteiger partial charge in [-0.2, -0.15) is 5.26 Å². The van der Waals surface area contributed by atoms with Gasteiger partial charge in [0.25, 0.3) is 0 Å². The van der Waals surface area contributed by atoms with Gasteiger partial charge in [0.1, 0.15) is 0 Å². The standard InChI is InChI=1S/C7H14N4/c1-7(2,3)4-10-6(9)11-5-8/h4H2,1-3H3,(H3,9,10,11). The van der Waals surface area contributed by atoms with Gasteiger partial charge in [-0.05, 0) is 5.41 Å². The fourth-order valence-electron chi connectivity index (χ4n) is 0.419. The van der Waals surface area contributed by atoms with Crippen LogP contribution in [0.4, 0.5) is 0 Å².